The minimum atomic E-state index is -0.208. The van der Waals surface area contributed by atoms with Crippen molar-refractivity contribution in [3.63, 3.8) is 0 Å². The van der Waals surface area contributed by atoms with Crippen LogP contribution in [0.25, 0.3) is 0 Å². The molecule has 0 aromatic heterocycles. The lowest BCUT2D eigenvalue weighted by atomic mass is 10.2. The first-order valence-electron chi connectivity index (χ1n) is 5.28. The van der Waals surface area contributed by atoms with Gasteiger partial charge >= 0.3 is 6.03 Å². The van der Waals surface area contributed by atoms with Crippen LogP contribution in [0.1, 0.15) is 12.0 Å². The number of hydrogen-bond donors (Lipinski definition) is 0. The van der Waals surface area contributed by atoms with Crippen molar-refractivity contribution >= 4 is 11.9 Å². The summed E-state index contributed by atoms with van der Waals surface area (Å²) in [7, 11) is 1.72. The van der Waals surface area contributed by atoms with E-state index in [4.69, 9.17) is 0 Å². The Labute approximate surface area is 94.5 Å². The molecule has 4 heteroatoms. The fourth-order valence-corrected chi connectivity index (χ4v) is 1.73. The molecular formula is C12H14N2O2. The van der Waals surface area contributed by atoms with Gasteiger partial charge in [0.15, 0.2) is 0 Å². The van der Waals surface area contributed by atoms with Crippen molar-refractivity contribution in [1.82, 2.24) is 9.80 Å². The molecule has 0 spiro atoms. The monoisotopic (exact) mass is 218 g/mol. The summed E-state index contributed by atoms with van der Waals surface area (Å²) in [6.07, 6.45) is 0.412. The molecule has 4 nitrogen and oxygen atoms in total. The van der Waals surface area contributed by atoms with Crippen LogP contribution in [0, 0.1) is 0 Å². The highest BCUT2D eigenvalue weighted by Gasteiger charge is 2.29. The highest BCUT2D eigenvalue weighted by atomic mass is 16.2. The minimum absolute atomic E-state index is 0.0908. The van der Waals surface area contributed by atoms with Gasteiger partial charge in [0.1, 0.15) is 0 Å². The second kappa shape index (κ2) is 4.35. The fraction of sp³-hybridized carbons (Fsp3) is 0.333. The summed E-state index contributed by atoms with van der Waals surface area (Å²) in [5, 5.41) is 0. The number of rotatable bonds is 2. The SMILES string of the molecule is CN1CCC(=O)N(Cc2ccccc2)C1=O. The van der Waals surface area contributed by atoms with Crippen molar-refractivity contribution in [2.45, 2.75) is 13.0 Å². The van der Waals surface area contributed by atoms with E-state index in [1.165, 1.54) is 4.90 Å². The Morgan fingerprint density at radius 3 is 2.56 bits per heavy atom. The molecule has 84 valence electrons. The summed E-state index contributed by atoms with van der Waals surface area (Å²) in [4.78, 5) is 26.3. The van der Waals surface area contributed by atoms with Gasteiger partial charge in [-0.15, -0.1) is 0 Å². The number of carbonyl (C=O) groups is 2. The third-order valence-electron chi connectivity index (χ3n) is 2.70. The summed E-state index contributed by atoms with van der Waals surface area (Å²) < 4.78 is 0. The van der Waals surface area contributed by atoms with Gasteiger partial charge in [-0.2, -0.15) is 0 Å². The number of hydrogen-bond acceptors (Lipinski definition) is 2. The third-order valence-corrected chi connectivity index (χ3v) is 2.70. The van der Waals surface area contributed by atoms with Crippen LogP contribution in [0.3, 0.4) is 0 Å². The fourth-order valence-electron chi connectivity index (χ4n) is 1.73. The van der Waals surface area contributed by atoms with Crippen molar-refractivity contribution in [3.05, 3.63) is 35.9 Å². The number of imide groups is 1. The summed E-state index contributed by atoms with van der Waals surface area (Å²) in [5.41, 5.74) is 0.972. The van der Waals surface area contributed by atoms with E-state index in [2.05, 4.69) is 0 Å². The highest BCUT2D eigenvalue weighted by molar-refractivity contribution is 5.96. The zero-order chi connectivity index (χ0) is 11.5. The van der Waals surface area contributed by atoms with Crippen molar-refractivity contribution in [1.29, 1.82) is 0 Å². The van der Waals surface area contributed by atoms with E-state index in [1.54, 1.807) is 11.9 Å². The Morgan fingerprint density at radius 2 is 1.88 bits per heavy atom. The largest absolute Gasteiger partial charge is 0.327 e. The molecule has 1 aliphatic rings. The zero-order valence-corrected chi connectivity index (χ0v) is 9.22. The summed E-state index contributed by atoms with van der Waals surface area (Å²) in [6.45, 7) is 0.881. The van der Waals surface area contributed by atoms with Gasteiger partial charge in [-0.05, 0) is 5.56 Å². The first kappa shape index (κ1) is 10.7. The van der Waals surface area contributed by atoms with Crippen molar-refractivity contribution in [3.8, 4) is 0 Å². The Balaban J connectivity index is 2.13. The lowest BCUT2D eigenvalue weighted by molar-refractivity contribution is -0.131. The molecule has 1 aromatic carbocycles. The molecule has 0 radical (unpaired) electrons. The summed E-state index contributed by atoms with van der Waals surface area (Å²) >= 11 is 0. The molecule has 0 bridgehead atoms. The highest BCUT2D eigenvalue weighted by Crippen LogP contribution is 2.13. The second-order valence-corrected chi connectivity index (χ2v) is 3.92. The molecule has 0 aliphatic carbocycles. The van der Waals surface area contributed by atoms with Gasteiger partial charge in [0.2, 0.25) is 5.91 Å². The average molecular weight is 218 g/mol. The van der Waals surface area contributed by atoms with E-state index in [0.717, 1.165) is 5.56 Å². The van der Waals surface area contributed by atoms with Gasteiger partial charge in [0.25, 0.3) is 0 Å². The number of benzene rings is 1. The van der Waals surface area contributed by atoms with Crippen LogP contribution in [0.2, 0.25) is 0 Å². The molecule has 1 aliphatic heterocycles. The molecule has 1 aromatic rings. The van der Waals surface area contributed by atoms with Gasteiger partial charge in [-0.3, -0.25) is 9.69 Å². The molecule has 16 heavy (non-hydrogen) atoms. The van der Waals surface area contributed by atoms with Gasteiger partial charge in [0, 0.05) is 20.0 Å². The molecule has 2 rings (SSSR count). The van der Waals surface area contributed by atoms with Gasteiger partial charge in [-0.1, -0.05) is 30.3 Å². The molecular weight excluding hydrogens is 204 g/mol. The van der Waals surface area contributed by atoms with E-state index in [0.29, 0.717) is 19.5 Å². The third kappa shape index (κ3) is 2.05. The predicted octanol–water partition coefficient (Wildman–Crippen LogP) is 1.47. The van der Waals surface area contributed by atoms with Crippen molar-refractivity contribution < 1.29 is 9.59 Å². The topological polar surface area (TPSA) is 40.6 Å². The van der Waals surface area contributed by atoms with E-state index < -0.39 is 0 Å². The first-order chi connectivity index (χ1) is 7.68. The normalized spacial score (nSPS) is 16.8. The zero-order valence-electron chi connectivity index (χ0n) is 9.22. The molecule has 3 amide bonds. The Morgan fingerprint density at radius 1 is 1.19 bits per heavy atom. The molecule has 0 atom stereocenters. The van der Waals surface area contributed by atoms with Crippen LogP contribution >= 0.6 is 0 Å². The summed E-state index contributed by atoms with van der Waals surface area (Å²) in [6, 6.07) is 9.33. The maximum absolute atomic E-state index is 11.8. The predicted molar refractivity (Wildman–Crippen MR) is 59.6 cm³/mol. The Bertz CT molecular complexity index is 403. The Kier molecular flexibility index (Phi) is 2.90. The first-order valence-corrected chi connectivity index (χ1v) is 5.28. The van der Waals surface area contributed by atoms with Gasteiger partial charge in [-0.25, -0.2) is 4.79 Å². The lowest BCUT2D eigenvalue weighted by Crippen LogP contribution is -2.50. The van der Waals surface area contributed by atoms with Gasteiger partial charge in [0.05, 0.1) is 6.54 Å². The number of urea groups is 1. The van der Waals surface area contributed by atoms with Crippen LogP contribution in [-0.4, -0.2) is 35.3 Å². The van der Waals surface area contributed by atoms with E-state index in [-0.39, 0.29) is 11.9 Å². The van der Waals surface area contributed by atoms with Crippen LogP contribution < -0.4 is 0 Å². The quantitative estimate of drug-likeness (QED) is 0.754. The van der Waals surface area contributed by atoms with Crippen LogP contribution in [-0.2, 0) is 11.3 Å². The van der Waals surface area contributed by atoms with E-state index in [9.17, 15) is 9.59 Å². The minimum Gasteiger partial charge on any atom is -0.327 e. The lowest BCUT2D eigenvalue weighted by Gasteiger charge is -2.31. The molecule has 1 heterocycles. The van der Waals surface area contributed by atoms with Gasteiger partial charge < -0.3 is 4.90 Å². The van der Waals surface area contributed by atoms with Crippen molar-refractivity contribution in [2.75, 3.05) is 13.6 Å². The van der Waals surface area contributed by atoms with Crippen LogP contribution in [0.4, 0.5) is 4.79 Å². The van der Waals surface area contributed by atoms with E-state index in [1.807, 2.05) is 30.3 Å². The average Bonchev–Trinajstić information content (AvgIpc) is 2.31. The molecule has 0 saturated carbocycles. The molecule has 0 N–H and O–H groups in total. The summed E-state index contributed by atoms with van der Waals surface area (Å²) in [5.74, 6) is -0.0908. The van der Waals surface area contributed by atoms with Crippen LogP contribution in [0.15, 0.2) is 30.3 Å². The number of carbonyl (C=O) groups excluding carboxylic acids is 2. The smallest absolute Gasteiger partial charge is 0.326 e. The maximum Gasteiger partial charge on any atom is 0.326 e. The van der Waals surface area contributed by atoms with Crippen molar-refractivity contribution in [2.24, 2.45) is 0 Å². The second-order valence-electron chi connectivity index (χ2n) is 3.92. The standard InChI is InChI=1S/C12H14N2O2/c1-13-8-7-11(15)14(12(13)16)9-10-5-3-2-4-6-10/h2-6H,7-9H2,1H3. The molecule has 1 fully saturated rings. The Hall–Kier alpha value is -1.84. The molecule has 1 saturated heterocycles. The van der Waals surface area contributed by atoms with Crippen LogP contribution in [0.5, 0.6) is 0 Å². The number of amides is 3. The molecule has 0 unspecified atom stereocenters. The number of nitrogens with zero attached hydrogens (tertiary/aromatic N) is 2. The van der Waals surface area contributed by atoms with E-state index >= 15 is 0 Å². The maximum atomic E-state index is 11.8.